The molecule has 1 aromatic carbocycles. The molecule has 1 heterocycles. The first-order valence-electron chi connectivity index (χ1n) is 9.58. The predicted molar refractivity (Wildman–Crippen MR) is 114 cm³/mol. The Morgan fingerprint density at radius 3 is 2.68 bits per heavy atom. The highest BCUT2D eigenvalue weighted by molar-refractivity contribution is 7.98. The molecule has 0 saturated carbocycles. The number of carbonyl (C=O) groups is 1. The standard InChI is InChI=1S/C19H31N3O4S2/c1-3-28(24,25)21-18(7-12-27-2)19(23)20-14-16-5-4-6-17(13-16)15-22-8-10-26-11-9-22/h4-6,13,18,21H,3,7-12,14-15H2,1-2H3,(H,20,23). The van der Waals surface area contributed by atoms with Gasteiger partial charge in [-0.15, -0.1) is 0 Å². The monoisotopic (exact) mass is 429 g/mol. The number of hydrogen-bond donors (Lipinski definition) is 2. The lowest BCUT2D eigenvalue weighted by atomic mass is 10.1. The van der Waals surface area contributed by atoms with Crippen LogP contribution in [0.1, 0.15) is 24.5 Å². The molecule has 2 rings (SSSR count). The van der Waals surface area contributed by atoms with Gasteiger partial charge in [-0.25, -0.2) is 13.1 Å². The lowest BCUT2D eigenvalue weighted by Gasteiger charge is -2.26. The molecule has 0 spiro atoms. The van der Waals surface area contributed by atoms with Crippen molar-refractivity contribution in [1.82, 2.24) is 14.9 Å². The van der Waals surface area contributed by atoms with E-state index in [-0.39, 0.29) is 11.7 Å². The fraction of sp³-hybridized carbons (Fsp3) is 0.632. The zero-order valence-electron chi connectivity index (χ0n) is 16.6. The molecule has 0 bridgehead atoms. The third-order valence-corrected chi connectivity index (χ3v) is 6.64. The largest absolute Gasteiger partial charge is 0.379 e. The summed E-state index contributed by atoms with van der Waals surface area (Å²) in [5, 5.41) is 2.88. The van der Waals surface area contributed by atoms with E-state index in [1.165, 1.54) is 5.56 Å². The van der Waals surface area contributed by atoms with Gasteiger partial charge in [-0.05, 0) is 36.5 Å². The molecule has 1 aliphatic heterocycles. The number of rotatable bonds is 11. The highest BCUT2D eigenvalue weighted by Crippen LogP contribution is 2.10. The lowest BCUT2D eigenvalue weighted by molar-refractivity contribution is -0.122. The van der Waals surface area contributed by atoms with Crippen LogP contribution in [0, 0.1) is 0 Å². The Morgan fingerprint density at radius 1 is 1.29 bits per heavy atom. The van der Waals surface area contributed by atoms with Gasteiger partial charge in [0.2, 0.25) is 15.9 Å². The number of benzene rings is 1. The second-order valence-electron chi connectivity index (χ2n) is 6.78. The fourth-order valence-corrected chi connectivity index (χ4v) is 4.24. The van der Waals surface area contributed by atoms with Crippen molar-refractivity contribution in [3.8, 4) is 0 Å². The van der Waals surface area contributed by atoms with E-state index in [4.69, 9.17) is 4.74 Å². The third-order valence-electron chi connectivity index (χ3n) is 4.60. The van der Waals surface area contributed by atoms with E-state index < -0.39 is 16.1 Å². The van der Waals surface area contributed by atoms with Crippen LogP contribution in [0.15, 0.2) is 24.3 Å². The highest BCUT2D eigenvalue weighted by atomic mass is 32.2. The topological polar surface area (TPSA) is 87.7 Å². The first-order chi connectivity index (χ1) is 13.4. The quantitative estimate of drug-likeness (QED) is 0.550. The Morgan fingerprint density at radius 2 is 2.00 bits per heavy atom. The van der Waals surface area contributed by atoms with Gasteiger partial charge >= 0.3 is 0 Å². The van der Waals surface area contributed by atoms with Gasteiger partial charge < -0.3 is 10.1 Å². The van der Waals surface area contributed by atoms with Crippen LogP contribution in [0.25, 0.3) is 0 Å². The molecular formula is C19H31N3O4S2. The molecule has 1 atom stereocenters. The maximum absolute atomic E-state index is 12.5. The first-order valence-corrected chi connectivity index (χ1v) is 12.6. The molecule has 158 valence electrons. The van der Waals surface area contributed by atoms with Crippen LogP contribution in [-0.2, 0) is 32.6 Å². The first kappa shape index (κ1) is 23.2. The molecular weight excluding hydrogens is 398 g/mol. The van der Waals surface area contributed by atoms with Gasteiger partial charge in [0.05, 0.1) is 19.0 Å². The van der Waals surface area contributed by atoms with Crippen LogP contribution in [0.5, 0.6) is 0 Å². The molecule has 1 aromatic rings. The summed E-state index contributed by atoms with van der Waals surface area (Å²) in [4.78, 5) is 14.9. The predicted octanol–water partition coefficient (Wildman–Crippen LogP) is 1.20. The van der Waals surface area contributed by atoms with Gasteiger partial charge in [-0.3, -0.25) is 9.69 Å². The Kier molecular flexibility index (Phi) is 9.73. The maximum atomic E-state index is 12.5. The highest BCUT2D eigenvalue weighted by Gasteiger charge is 2.23. The van der Waals surface area contributed by atoms with Gasteiger partial charge in [-0.1, -0.05) is 24.3 Å². The summed E-state index contributed by atoms with van der Waals surface area (Å²) < 4.78 is 31.6. The molecule has 1 aliphatic rings. The number of carbonyl (C=O) groups excluding carboxylic acids is 1. The molecule has 28 heavy (non-hydrogen) atoms. The van der Waals surface area contributed by atoms with E-state index in [9.17, 15) is 13.2 Å². The van der Waals surface area contributed by atoms with Crippen molar-refractivity contribution in [3.63, 3.8) is 0 Å². The summed E-state index contributed by atoms with van der Waals surface area (Å²) in [6.07, 6.45) is 2.40. The molecule has 1 unspecified atom stereocenters. The number of nitrogens with zero attached hydrogens (tertiary/aromatic N) is 1. The van der Waals surface area contributed by atoms with Crippen molar-refractivity contribution in [2.24, 2.45) is 0 Å². The minimum atomic E-state index is -3.44. The van der Waals surface area contributed by atoms with Crippen LogP contribution < -0.4 is 10.0 Å². The normalized spacial score (nSPS) is 16.6. The van der Waals surface area contributed by atoms with Crippen molar-refractivity contribution in [2.75, 3.05) is 44.1 Å². The van der Waals surface area contributed by atoms with Crippen LogP contribution in [-0.4, -0.2) is 69.3 Å². The number of ether oxygens (including phenoxy) is 1. The number of nitrogens with one attached hydrogen (secondary N) is 2. The summed E-state index contributed by atoms with van der Waals surface area (Å²) in [7, 11) is -3.44. The second kappa shape index (κ2) is 11.8. The minimum absolute atomic E-state index is 0.0420. The van der Waals surface area contributed by atoms with E-state index in [2.05, 4.69) is 27.1 Å². The number of amides is 1. The summed E-state index contributed by atoms with van der Waals surface area (Å²) in [6, 6.07) is 7.38. The van der Waals surface area contributed by atoms with Gasteiger partial charge in [-0.2, -0.15) is 11.8 Å². The SMILES string of the molecule is CCS(=O)(=O)NC(CCSC)C(=O)NCc1cccc(CN2CCOCC2)c1. The Balaban J connectivity index is 1.92. The molecule has 0 radical (unpaired) electrons. The van der Waals surface area contributed by atoms with E-state index in [1.807, 2.05) is 18.4 Å². The fourth-order valence-electron chi connectivity index (χ4n) is 2.95. The molecule has 7 nitrogen and oxygen atoms in total. The zero-order chi connectivity index (χ0) is 20.4. The summed E-state index contributed by atoms with van der Waals surface area (Å²) in [5.74, 6) is 0.378. The van der Waals surface area contributed by atoms with Gasteiger partial charge in [0.1, 0.15) is 6.04 Å². The van der Waals surface area contributed by atoms with Crippen molar-refractivity contribution in [2.45, 2.75) is 32.5 Å². The van der Waals surface area contributed by atoms with E-state index in [1.54, 1.807) is 18.7 Å². The van der Waals surface area contributed by atoms with Crippen LogP contribution in [0.2, 0.25) is 0 Å². The second-order valence-corrected chi connectivity index (χ2v) is 9.81. The van der Waals surface area contributed by atoms with Gasteiger partial charge in [0, 0.05) is 26.2 Å². The number of hydrogen-bond acceptors (Lipinski definition) is 6. The van der Waals surface area contributed by atoms with Crippen molar-refractivity contribution in [1.29, 1.82) is 0 Å². The summed E-state index contributed by atoms with van der Waals surface area (Å²) in [6.45, 7) is 6.18. The van der Waals surface area contributed by atoms with Crippen molar-refractivity contribution in [3.05, 3.63) is 35.4 Å². The Labute approximate surface area is 172 Å². The summed E-state index contributed by atoms with van der Waals surface area (Å²) in [5.41, 5.74) is 2.19. The molecule has 0 aromatic heterocycles. The number of sulfonamides is 1. The molecule has 0 aliphatic carbocycles. The average molecular weight is 430 g/mol. The average Bonchev–Trinajstić information content (AvgIpc) is 2.70. The van der Waals surface area contributed by atoms with Gasteiger partial charge in [0.15, 0.2) is 0 Å². The molecule has 9 heteroatoms. The van der Waals surface area contributed by atoms with Crippen molar-refractivity contribution >= 4 is 27.7 Å². The number of thioether (sulfide) groups is 1. The maximum Gasteiger partial charge on any atom is 0.238 e. The third kappa shape index (κ3) is 8.08. The Bertz CT molecular complexity index is 722. The zero-order valence-corrected chi connectivity index (χ0v) is 18.3. The van der Waals surface area contributed by atoms with E-state index in [0.717, 1.165) is 38.4 Å². The molecule has 2 N–H and O–H groups in total. The smallest absolute Gasteiger partial charge is 0.238 e. The Hall–Kier alpha value is -1.13. The molecule has 1 saturated heterocycles. The van der Waals surface area contributed by atoms with E-state index in [0.29, 0.717) is 18.7 Å². The summed E-state index contributed by atoms with van der Waals surface area (Å²) >= 11 is 1.59. The lowest BCUT2D eigenvalue weighted by Crippen LogP contribution is -2.47. The van der Waals surface area contributed by atoms with Crippen LogP contribution in [0.3, 0.4) is 0 Å². The molecule has 1 fully saturated rings. The minimum Gasteiger partial charge on any atom is -0.379 e. The van der Waals surface area contributed by atoms with Crippen LogP contribution >= 0.6 is 11.8 Å². The van der Waals surface area contributed by atoms with Gasteiger partial charge in [0.25, 0.3) is 0 Å². The van der Waals surface area contributed by atoms with E-state index >= 15 is 0 Å². The molecule has 1 amide bonds. The van der Waals surface area contributed by atoms with Crippen LogP contribution in [0.4, 0.5) is 0 Å². The number of morpholine rings is 1. The van der Waals surface area contributed by atoms with Crippen molar-refractivity contribution < 1.29 is 17.9 Å².